The van der Waals surface area contributed by atoms with Gasteiger partial charge in [-0.15, -0.1) is 0 Å². The summed E-state index contributed by atoms with van der Waals surface area (Å²) in [5.74, 6) is 0.607. The van der Waals surface area contributed by atoms with Gasteiger partial charge in [0.25, 0.3) is 0 Å². The SMILES string of the molecule is Cc1cc(N2C(=O)N(c3cnccc3C3CC3)[C@H]3C[C@H]32)ccn1. The maximum Gasteiger partial charge on any atom is 0.329 e. The highest BCUT2D eigenvalue weighted by Gasteiger charge is 2.58. The maximum absolute atomic E-state index is 13.1. The number of pyridine rings is 2. The predicted octanol–water partition coefficient (Wildman–Crippen LogP) is 3.25. The molecule has 1 saturated heterocycles. The molecule has 5 heteroatoms. The molecule has 5 nitrogen and oxygen atoms in total. The second-order valence-corrected chi connectivity index (χ2v) is 6.76. The van der Waals surface area contributed by atoms with E-state index in [1.165, 1.54) is 18.4 Å². The molecule has 0 aromatic carbocycles. The average molecular weight is 306 g/mol. The van der Waals surface area contributed by atoms with Gasteiger partial charge in [0.05, 0.1) is 24.0 Å². The number of aryl methyl sites for hydroxylation is 1. The summed E-state index contributed by atoms with van der Waals surface area (Å²) in [6.07, 6.45) is 8.96. The number of amides is 2. The molecule has 2 aromatic heterocycles. The van der Waals surface area contributed by atoms with E-state index >= 15 is 0 Å². The Labute approximate surface area is 135 Å². The van der Waals surface area contributed by atoms with E-state index in [4.69, 9.17) is 0 Å². The van der Waals surface area contributed by atoms with Crippen molar-refractivity contribution in [3.63, 3.8) is 0 Å². The Morgan fingerprint density at radius 1 is 1.13 bits per heavy atom. The van der Waals surface area contributed by atoms with Crippen molar-refractivity contribution in [3.05, 3.63) is 48.0 Å². The molecule has 2 aliphatic carbocycles. The van der Waals surface area contributed by atoms with Crippen LogP contribution in [0.4, 0.5) is 16.2 Å². The standard InChI is InChI=1S/C18H18N4O/c1-11-8-13(4-7-20-11)21-15-9-16(15)22(18(21)23)17-10-19-6-5-14(17)12-2-3-12/h4-8,10,12,15-16H,2-3,9H2,1H3/t15-,16+/m1/s1. The molecular weight excluding hydrogens is 288 g/mol. The Morgan fingerprint density at radius 2 is 1.96 bits per heavy atom. The number of anilines is 2. The number of aromatic nitrogens is 2. The van der Waals surface area contributed by atoms with Crippen LogP contribution in [0.1, 0.15) is 36.4 Å². The molecule has 2 aromatic rings. The number of carbonyl (C=O) groups is 1. The third-order valence-corrected chi connectivity index (χ3v) is 5.07. The molecule has 0 bridgehead atoms. The largest absolute Gasteiger partial charge is 0.329 e. The highest BCUT2D eigenvalue weighted by molar-refractivity contribution is 6.09. The van der Waals surface area contributed by atoms with Crippen molar-refractivity contribution < 1.29 is 4.79 Å². The Bertz CT molecular complexity index is 801. The van der Waals surface area contributed by atoms with E-state index in [0.717, 1.165) is 23.5 Å². The zero-order valence-corrected chi connectivity index (χ0v) is 13.0. The van der Waals surface area contributed by atoms with Crippen LogP contribution in [-0.2, 0) is 0 Å². The van der Waals surface area contributed by atoms with E-state index in [9.17, 15) is 4.79 Å². The van der Waals surface area contributed by atoms with Gasteiger partial charge in [-0.3, -0.25) is 19.8 Å². The lowest BCUT2D eigenvalue weighted by Gasteiger charge is -2.25. The molecule has 3 heterocycles. The number of hydrogen-bond acceptors (Lipinski definition) is 3. The first-order valence-corrected chi connectivity index (χ1v) is 8.23. The Kier molecular flexibility index (Phi) is 2.57. The van der Waals surface area contributed by atoms with E-state index in [-0.39, 0.29) is 18.1 Å². The minimum absolute atomic E-state index is 0.0757. The van der Waals surface area contributed by atoms with E-state index < -0.39 is 0 Å². The lowest BCUT2D eigenvalue weighted by Crippen LogP contribution is -2.37. The van der Waals surface area contributed by atoms with Crippen LogP contribution >= 0.6 is 0 Å². The van der Waals surface area contributed by atoms with Gasteiger partial charge >= 0.3 is 6.03 Å². The zero-order chi connectivity index (χ0) is 15.6. The normalized spacial score (nSPS) is 25.7. The number of urea groups is 1. The van der Waals surface area contributed by atoms with Crippen molar-refractivity contribution in [1.82, 2.24) is 9.97 Å². The number of rotatable bonds is 3. The van der Waals surface area contributed by atoms with Gasteiger partial charge in [0.2, 0.25) is 0 Å². The first-order valence-electron chi connectivity index (χ1n) is 8.23. The highest BCUT2D eigenvalue weighted by atomic mass is 16.2. The third kappa shape index (κ3) is 1.96. The molecule has 1 aliphatic heterocycles. The molecule has 0 spiro atoms. The summed E-state index contributed by atoms with van der Waals surface area (Å²) in [4.78, 5) is 25.5. The summed E-state index contributed by atoms with van der Waals surface area (Å²) in [5, 5.41) is 0. The molecule has 23 heavy (non-hydrogen) atoms. The summed E-state index contributed by atoms with van der Waals surface area (Å²) in [6, 6.07) is 6.65. The average Bonchev–Trinajstić information content (AvgIpc) is 3.45. The second-order valence-electron chi connectivity index (χ2n) is 6.76. The molecule has 0 N–H and O–H groups in total. The number of nitrogens with zero attached hydrogens (tertiary/aromatic N) is 4. The Morgan fingerprint density at radius 3 is 2.74 bits per heavy atom. The van der Waals surface area contributed by atoms with Crippen LogP contribution in [0, 0.1) is 6.92 Å². The quantitative estimate of drug-likeness (QED) is 0.874. The van der Waals surface area contributed by atoms with Crippen LogP contribution < -0.4 is 9.80 Å². The number of hydrogen-bond donors (Lipinski definition) is 0. The minimum atomic E-state index is 0.0757. The summed E-state index contributed by atoms with van der Waals surface area (Å²) in [6.45, 7) is 1.96. The monoisotopic (exact) mass is 306 g/mol. The molecule has 5 rings (SSSR count). The van der Waals surface area contributed by atoms with Crippen LogP contribution in [0.5, 0.6) is 0 Å². The van der Waals surface area contributed by atoms with E-state index in [2.05, 4.69) is 16.0 Å². The number of fused-ring (bicyclic) bond motifs is 1. The lowest BCUT2D eigenvalue weighted by molar-refractivity contribution is 0.254. The van der Waals surface area contributed by atoms with E-state index in [1.807, 2.05) is 41.2 Å². The van der Waals surface area contributed by atoms with Crippen LogP contribution in [-0.4, -0.2) is 28.1 Å². The summed E-state index contributed by atoms with van der Waals surface area (Å²) in [5.41, 5.74) is 4.19. The van der Waals surface area contributed by atoms with E-state index in [1.54, 1.807) is 6.20 Å². The van der Waals surface area contributed by atoms with Gasteiger partial charge in [0.15, 0.2) is 0 Å². The fourth-order valence-corrected chi connectivity index (χ4v) is 3.73. The van der Waals surface area contributed by atoms with Crippen LogP contribution in [0.25, 0.3) is 0 Å². The van der Waals surface area contributed by atoms with Gasteiger partial charge in [-0.1, -0.05) is 0 Å². The molecular formula is C18H18N4O. The highest BCUT2D eigenvalue weighted by Crippen LogP contribution is 2.50. The van der Waals surface area contributed by atoms with Gasteiger partial charge in [-0.2, -0.15) is 0 Å². The van der Waals surface area contributed by atoms with Crippen LogP contribution in [0.15, 0.2) is 36.8 Å². The van der Waals surface area contributed by atoms with Crippen molar-refractivity contribution in [3.8, 4) is 0 Å². The lowest BCUT2D eigenvalue weighted by atomic mass is 10.1. The van der Waals surface area contributed by atoms with Gasteiger partial charge in [0.1, 0.15) is 0 Å². The third-order valence-electron chi connectivity index (χ3n) is 5.07. The summed E-state index contributed by atoms with van der Waals surface area (Å²) < 4.78 is 0. The van der Waals surface area contributed by atoms with Gasteiger partial charge in [-0.05, 0) is 55.9 Å². The van der Waals surface area contributed by atoms with E-state index in [0.29, 0.717) is 5.92 Å². The molecule has 3 aliphatic rings. The molecule has 0 radical (unpaired) electrons. The van der Waals surface area contributed by atoms with Crippen molar-refractivity contribution >= 4 is 17.4 Å². The molecule has 3 fully saturated rings. The van der Waals surface area contributed by atoms with Gasteiger partial charge in [-0.25, -0.2) is 4.79 Å². The predicted molar refractivity (Wildman–Crippen MR) is 87.7 cm³/mol. The molecule has 2 atom stereocenters. The van der Waals surface area contributed by atoms with Crippen molar-refractivity contribution in [2.75, 3.05) is 9.80 Å². The Hall–Kier alpha value is -2.43. The van der Waals surface area contributed by atoms with Crippen molar-refractivity contribution in [2.45, 2.75) is 44.2 Å². The number of carbonyl (C=O) groups excluding carboxylic acids is 1. The van der Waals surface area contributed by atoms with Crippen LogP contribution in [0.2, 0.25) is 0 Å². The Balaban J connectivity index is 1.54. The first kappa shape index (κ1) is 13.0. The second kappa shape index (κ2) is 4.54. The smallest absolute Gasteiger partial charge is 0.289 e. The fraction of sp³-hybridized carbons (Fsp3) is 0.389. The summed E-state index contributed by atoms with van der Waals surface area (Å²) >= 11 is 0. The van der Waals surface area contributed by atoms with Gasteiger partial charge in [0, 0.05) is 23.8 Å². The topological polar surface area (TPSA) is 49.3 Å². The molecule has 0 unspecified atom stereocenters. The van der Waals surface area contributed by atoms with Gasteiger partial charge < -0.3 is 0 Å². The molecule has 2 saturated carbocycles. The fourth-order valence-electron chi connectivity index (χ4n) is 3.73. The van der Waals surface area contributed by atoms with Crippen molar-refractivity contribution in [2.24, 2.45) is 0 Å². The van der Waals surface area contributed by atoms with Crippen molar-refractivity contribution in [1.29, 1.82) is 0 Å². The molecule has 2 amide bonds. The van der Waals surface area contributed by atoms with Crippen LogP contribution in [0.3, 0.4) is 0 Å². The first-order chi connectivity index (χ1) is 11.2. The molecule has 116 valence electrons. The minimum Gasteiger partial charge on any atom is -0.289 e. The summed E-state index contributed by atoms with van der Waals surface area (Å²) in [7, 11) is 0. The zero-order valence-electron chi connectivity index (χ0n) is 13.0. The maximum atomic E-state index is 13.1.